The van der Waals surface area contributed by atoms with E-state index >= 15 is 0 Å². The first-order chi connectivity index (χ1) is 9.58. The molecule has 0 aliphatic heterocycles. The number of methoxy groups -OCH3 is 1. The second-order valence-electron chi connectivity index (χ2n) is 4.25. The maximum atomic E-state index is 13.8. The second-order valence-corrected chi connectivity index (χ2v) is 5.07. The minimum absolute atomic E-state index is 0.203. The van der Waals surface area contributed by atoms with E-state index in [1.54, 1.807) is 37.4 Å². The molecule has 5 heteroatoms. The van der Waals surface area contributed by atoms with E-state index in [2.05, 4.69) is 5.32 Å². The fourth-order valence-corrected chi connectivity index (χ4v) is 2.74. The molecule has 0 aliphatic rings. The number of ether oxygens (including phenoxy) is 1. The summed E-state index contributed by atoms with van der Waals surface area (Å²) in [6.07, 6.45) is 0. The zero-order valence-corrected chi connectivity index (χ0v) is 12.6. The van der Waals surface area contributed by atoms with Gasteiger partial charge in [-0.1, -0.05) is 35.3 Å². The summed E-state index contributed by atoms with van der Waals surface area (Å²) in [4.78, 5) is 0. The van der Waals surface area contributed by atoms with Crippen LogP contribution < -0.4 is 10.1 Å². The zero-order chi connectivity index (χ0) is 14.7. The van der Waals surface area contributed by atoms with Crippen LogP contribution in [0.25, 0.3) is 0 Å². The third-order valence-electron chi connectivity index (χ3n) is 3.09. The average molecular weight is 314 g/mol. The standard InChI is InChI=1S/C15H14Cl2FNO/c1-19-15(14-10(16)4-3-5-11(14)17)9-6-7-13(20-2)12(18)8-9/h3-8,15,19H,1-2H3. The summed E-state index contributed by atoms with van der Waals surface area (Å²) in [5.74, 6) is -0.220. The van der Waals surface area contributed by atoms with Crippen molar-refractivity contribution >= 4 is 23.2 Å². The van der Waals surface area contributed by atoms with Gasteiger partial charge in [0, 0.05) is 15.6 Å². The van der Waals surface area contributed by atoms with Crippen LogP contribution in [0.3, 0.4) is 0 Å². The van der Waals surface area contributed by atoms with Crippen LogP contribution in [0.4, 0.5) is 4.39 Å². The number of hydrogen-bond acceptors (Lipinski definition) is 2. The Morgan fingerprint density at radius 2 is 1.80 bits per heavy atom. The largest absolute Gasteiger partial charge is 0.494 e. The van der Waals surface area contributed by atoms with Gasteiger partial charge in [-0.05, 0) is 36.9 Å². The Balaban J connectivity index is 2.50. The molecule has 0 fully saturated rings. The van der Waals surface area contributed by atoms with Crippen molar-refractivity contribution < 1.29 is 9.13 Å². The van der Waals surface area contributed by atoms with E-state index in [1.807, 2.05) is 0 Å². The maximum Gasteiger partial charge on any atom is 0.165 e. The molecule has 0 radical (unpaired) electrons. The van der Waals surface area contributed by atoms with Gasteiger partial charge in [0.2, 0.25) is 0 Å². The van der Waals surface area contributed by atoms with Crippen molar-refractivity contribution in [3.63, 3.8) is 0 Å². The van der Waals surface area contributed by atoms with Crippen LogP contribution in [0.1, 0.15) is 17.2 Å². The quantitative estimate of drug-likeness (QED) is 0.900. The van der Waals surface area contributed by atoms with Gasteiger partial charge in [0.25, 0.3) is 0 Å². The second kappa shape index (κ2) is 6.44. The molecule has 2 aromatic carbocycles. The van der Waals surface area contributed by atoms with E-state index in [4.69, 9.17) is 27.9 Å². The molecule has 0 spiro atoms. The van der Waals surface area contributed by atoms with Gasteiger partial charge >= 0.3 is 0 Å². The lowest BCUT2D eigenvalue weighted by Gasteiger charge is -2.20. The summed E-state index contributed by atoms with van der Waals surface area (Å²) in [5, 5.41) is 4.18. The van der Waals surface area contributed by atoms with Crippen LogP contribution in [0.5, 0.6) is 5.75 Å². The summed E-state index contributed by atoms with van der Waals surface area (Å²) in [5.41, 5.74) is 1.45. The molecule has 0 bridgehead atoms. The Hall–Kier alpha value is -1.29. The van der Waals surface area contributed by atoms with E-state index in [9.17, 15) is 4.39 Å². The van der Waals surface area contributed by atoms with Crippen molar-refractivity contribution in [2.24, 2.45) is 0 Å². The molecule has 2 aromatic rings. The summed E-state index contributed by atoms with van der Waals surface area (Å²) in [6, 6.07) is 9.77. The van der Waals surface area contributed by atoms with Crippen LogP contribution in [-0.4, -0.2) is 14.2 Å². The molecule has 0 aromatic heterocycles. The van der Waals surface area contributed by atoms with Gasteiger partial charge in [-0.25, -0.2) is 4.39 Å². The molecule has 0 saturated carbocycles. The van der Waals surface area contributed by atoms with Gasteiger partial charge in [-0.3, -0.25) is 0 Å². The molecule has 106 valence electrons. The van der Waals surface area contributed by atoms with Crippen LogP contribution >= 0.6 is 23.2 Å². The number of halogens is 3. The Morgan fingerprint density at radius 3 is 2.30 bits per heavy atom. The molecular formula is C15H14Cl2FNO. The van der Waals surface area contributed by atoms with Gasteiger partial charge in [-0.2, -0.15) is 0 Å². The third kappa shape index (κ3) is 2.90. The minimum atomic E-state index is -0.423. The topological polar surface area (TPSA) is 21.3 Å². The van der Waals surface area contributed by atoms with Crippen molar-refractivity contribution in [1.82, 2.24) is 5.32 Å². The highest BCUT2D eigenvalue weighted by molar-refractivity contribution is 6.36. The molecule has 1 atom stereocenters. The lowest BCUT2D eigenvalue weighted by molar-refractivity contribution is 0.386. The molecule has 20 heavy (non-hydrogen) atoms. The van der Waals surface area contributed by atoms with E-state index in [1.165, 1.54) is 13.2 Å². The summed E-state index contributed by atoms with van der Waals surface area (Å²) in [7, 11) is 3.20. The van der Waals surface area contributed by atoms with E-state index in [-0.39, 0.29) is 11.8 Å². The van der Waals surface area contributed by atoms with Gasteiger partial charge in [-0.15, -0.1) is 0 Å². The highest BCUT2D eigenvalue weighted by Crippen LogP contribution is 2.35. The number of nitrogens with one attached hydrogen (secondary N) is 1. The van der Waals surface area contributed by atoms with Crippen molar-refractivity contribution in [2.45, 2.75) is 6.04 Å². The summed E-state index contributed by atoms with van der Waals surface area (Å²) in [6.45, 7) is 0. The maximum absolute atomic E-state index is 13.8. The predicted octanol–water partition coefficient (Wildman–Crippen LogP) is 4.45. The smallest absolute Gasteiger partial charge is 0.165 e. The highest BCUT2D eigenvalue weighted by Gasteiger charge is 2.19. The predicted molar refractivity (Wildman–Crippen MR) is 80.3 cm³/mol. The Labute approximate surface area is 127 Å². The van der Waals surface area contributed by atoms with E-state index in [0.717, 1.165) is 11.1 Å². The molecule has 0 aliphatic carbocycles. The summed E-state index contributed by atoms with van der Waals surface area (Å²) < 4.78 is 18.8. The third-order valence-corrected chi connectivity index (χ3v) is 3.75. The van der Waals surface area contributed by atoms with E-state index < -0.39 is 5.82 Å². The normalized spacial score (nSPS) is 12.2. The van der Waals surface area contributed by atoms with Gasteiger partial charge in [0.05, 0.1) is 13.2 Å². The zero-order valence-electron chi connectivity index (χ0n) is 11.1. The van der Waals surface area contributed by atoms with Crippen LogP contribution in [-0.2, 0) is 0 Å². The van der Waals surface area contributed by atoms with Crippen LogP contribution in [0.15, 0.2) is 36.4 Å². The first-order valence-corrected chi connectivity index (χ1v) is 6.78. The molecule has 2 nitrogen and oxygen atoms in total. The van der Waals surface area contributed by atoms with Gasteiger partial charge in [0.15, 0.2) is 11.6 Å². The van der Waals surface area contributed by atoms with Crippen molar-refractivity contribution in [2.75, 3.05) is 14.2 Å². The monoisotopic (exact) mass is 313 g/mol. The fraction of sp³-hybridized carbons (Fsp3) is 0.200. The average Bonchev–Trinajstić information content (AvgIpc) is 2.43. The molecule has 2 rings (SSSR count). The van der Waals surface area contributed by atoms with Crippen LogP contribution in [0, 0.1) is 5.82 Å². The molecule has 1 unspecified atom stereocenters. The molecule has 0 heterocycles. The number of rotatable bonds is 4. The lowest BCUT2D eigenvalue weighted by Crippen LogP contribution is -2.18. The fourth-order valence-electron chi connectivity index (χ4n) is 2.13. The first-order valence-electron chi connectivity index (χ1n) is 6.03. The molecule has 1 N–H and O–H groups in total. The molecule has 0 amide bonds. The van der Waals surface area contributed by atoms with Crippen molar-refractivity contribution in [3.8, 4) is 5.75 Å². The summed E-state index contributed by atoms with van der Waals surface area (Å²) >= 11 is 12.4. The Bertz CT molecular complexity index is 599. The SMILES string of the molecule is CNC(c1ccc(OC)c(F)c1)c1c(Cl)cccc1Cl. The van der Waals surface area contributed by atoms with Crippen molar-refractivity contribution in [1.29, 1.82) is 0 Å². The Kier molecular flexibility index (Phi) is 4.86. The molecule has 0 saturated heterocycles. The first kappa shape index (κ1) is 15.1. The van der Waals surface area contributed by atoms with E-state index in [0.29, 0.717) is 10.0 Å². The van der Waals surface area contributed by atoms with Crippen LogP contribution in [0.2, 0.25) is 10.0 Å². The van der Waals surface area contributed by atoms with Crippen molar-refractivity contribution in [3.05, 3.63) is 63.4 Å². The lowest BCUT2D eigenvalue weighted by atomic mass is 9.98. The number of benzene rings is 2. The van der Waals surface area contributed by atoms with Gasteiger partial charge < -0.3 is 10.1 Å². The van der Waals surface area contributed by atoms with Gasteiger partial charge in [0.1, 0.15) is 0 Å². The minimum Gasteiger partial charge on any atom is -0.494 e. The molecular weight excluding hydrogens is 300 g/mol. The highest BCUT2D eigenvalue weighted by atomic mass is 35.5. The Morgan fingerprint density at radius 1 is 1.15 bits per heavy atom. The number of hydrogen-bond donors (Lipinski definition) is 1.